The second kappa shape index (κ2) is 7.38. The van der Waals surface area contributed by atoms with Crippen LogP contribution in [-0.2, 0) is 0 Å². The van der Waals surface area contributed by atoms with Crippen LogP contribution in [0.25, 0.3) is 5.65 Å². The molecule has 7 nitrogen and oxygen atoms in total. The molecule has 160 valence electrons. The Labute approximate surface area is 176 Å². The lowest BCUT2D eigenvalue weighted by Gasteiger charge is -2.56. The number of amides is 2. The molecule has 2 heterocycles. The number of aromatic nitrogens is 2. The van der Waals surface area contributed by atoms with Gasteiger partial charge in [0.05, 0.1) is 12.3 Å². The highest BCUT2D eigenvalue weighted by Crippen LogP contribution is 2.59. The van der Waals surface area contributed by atoms with Gasteiger partial charge in [-0.25, -0.2) is 4.98 Å². The van der Waals surface area contributed by atoms with Crippen molar-refractivity contribution >= 4 is 17.5 Å². The molecule has 30 heavy (non-hydrogen) atoms. The summed E-state index contributed by atoms with van der Waals surface area (Å²) in [5.41, 5.74) is 2.26. The summed E-state index contributed by atoms with van der Waals surface area (Å²) in [6, 6.07) is 5.38. The molecule has 3 N–H and O–H groups in total. The largest absolute Gasteiger partial charge is 0.395 e. The quantitative estimate of drug-likeness (QED) is 0.681. The van der Waals surface area contributed by atoms with E-state index < -0.39 is 0 Å². The van der Waals surface area contributed by atoms with Crippen LogP contribution in [0.5, 0.6) is 0 Å². The maximum Gasteiger partial charge on any atom is 0.271 e. The van der Waals surface area contributed by atoms with E-state index in [9.17, 15) is 9.59 Å². The standard InChI is InChI=1S/C23H30N4O3/c1-14-20(22(30)24-5-6-28)26-19-4-2-3-18(27(14)19)21(29)25-13-23-10-15-7-16(11-23)9-17(8-15)12-23/h2-4,15-17,28H,5-13H2,1H3,(H,24,30)(H,25,29). The van der Waals surface area contributed by atoms with Crippen molar-refractivity contribution in [2.75, 3.05) is 19.7 Å². The van der Waals surface area contributed by atoms with Crippen molar-refractivity contribution in [2.45, 2.75) is 45.4 Å². The number of pyridine rings is 1. The van der Waals surface area contributed by atoms with Gasteiger partial charge in [-0.3, -0.25) is 14.0 Å². The Morgan fingerprint density at radius 1 is 1.10 bits per heavy atom. The highest BCUT2D eigenvalue weighted by Gasteiger charge is 2.50. The number of imidazole rings is 1. The molecule has 4 aliphatic carbocycles. The van der Waals surface area contributed by atoms with Gasteiger partial charge in [-0.05, 0) is 80.8 Å². The van der Waals surface area contributed by atoms with Crippen molar-refractivity contribution in [2.24, 2.45) is 23.2 Å². The molecule has 6 rings (SSSR count). The van der Waals surface area contributed by atoms with Crippen LogP contribution in [0.15, 0.2) is 18.2 Å². The first-order valence-electron chi connectivity index (χ1n) is 11.1. The fourth-order valence-corrected chi connectivity index (χ4v) is 6.75. The smallest absolute Gasteiger partial charge is 0.271 e. The fraction of sp³-hybridized carbons (Fsp3) is 0.609. The third kappa shape index (κ3) is 3.29. The third-order valence-electron chi connectivity index (χ3n) is 7.51. The summed E-state index contributed by atoms with van der Waals surface area (Å²) < 4.78 is 1.75. The first-order valence-corrected chi connectivity index (χ1v) is 11.1. The Balaban J connectivity index is 1.36. The van der Waals surface area contributed by atoms with Gasteiger partial charge < -0.3 is 15.7 Å². The van der Waals surface area contributed by atoms with E-state index in [1.54, 1.807) is 29.5 Å². The lowest BCUT2D eigenvalue weighted by molar-refractivity contribution is -0.0503. The molecule has 4 saturated carbocycles. The minimum atomic E-state index is -0.342. The van der Waals surface area contributed by atoms with E-state index in [2.05, 4.69) is 15.6 Å². The molecule has 0 aromatic carbocycles. The first-order chi connectivity index (χ1) is 14.5. The number of aliphatic hydroxyl groups is 1. The second-order valence-corrected chi connectivity index (χ2v) is 9.73. The molecule has 0 aliphatic heterocycles. The Bertz CT molecular complexity index is 960. The minimum Gasteiger partial charge on any atom is -0.395 e. The summed E-state index contributed by atoms with van der Waals surface area (Å²) in [6.45, 7) is 2.58. The van der Waals surface area contributed by atoms with Crippen molar-refractivity contribution in [1.82, 2.24) is 20.0 Å². The normalized spacial score (nSPS) is 29.3. The number of carbonyl (C=O) groups is 2. The molecular formula is C23H30N4O3. The number of rotatable bonds is 6. The van der Waals surface area contributed by atoms with Crippen LogP contribution in [-0.4, -0.2) is 46.0 Å². The van der Waals surface area contributed by atoms with Gasteiger partial charge in [-0.1, -0.05) is 6.07 Å². The summed E-state index contributed by atoms with van der Waals surface area (Å²) in [5.74, 6) is 2.11. The molecule has 0 unspecified atom stereocenters. The molecule has 2 amide bonds. The average molecular weight is 411 g/mol. The van der Waals surface area contributed by atoms with Crippen LogP contribution in [0.3, 0.4) is 0 Å². The third-order valence-corrected chi connectivity index (χ3v) is 7.51. The van der Waals surface area contributed by atoms with Gasteiger partial charge in [0.25, 0.3) is 11.8 Å². The number of nitrogens with zero attached hydrogens (tertiary/aromatic N) is 2. The van der Waals surface area contributed by atoms with Crippen LogP contribution in [0, 0.1) is 30.1 Å². The van der Waals surface area contributed by atoms with Gasteiger partial charge in [-0.2, -0.15) is 0 Å². The molecule has 2 aromatic heterocycles. The van der Waals surface area contributed by atoms with Crippen molar-refractivity contribution in [3.8, 4) is 0 Å². The van der Waals surface area contributed by atoms with E-state index in [-0.39, 0.29) is 36.1 Å². The summed E-state index contributed by atoms with van der Waals surface area (Å²) in [4.78, 5) is 29.9. The zero-order chi connectivity index (χ0) is 20.9. The zero-order valence-corrected chi connectivity index (χ0v) is 17.5. The van der Waals surface area contributed by atoms with Crippen LogP contribution < -0.4 is 10.6 Å². The molecule has 2 aromatic rings. The van der Waals surface area contributed by atoms with E-state index in [0.717, 1.165) is 24.3 Å². The van der Waals surface area contributed by atoms with Crippen molar-refractivity contribution < 1.29 is 14.7 Å². The van der Waals surface area contributed by atoms with Gasteiger partial charge in [0.15, 0.2) is 0 Å². The van der Waals surface area contributed by atoms with Gasteiger partial charge in [-0.15, -0.1) is 0 Å². The molecule has 7 heteroatoms. The number of aryl methyl sites for hydroxylation is 1. The molecule has 0 radical (unpaired) electrons. The maximum atomic E-state index is 13.2. The molecule has 4 aliphatic rings. The number of hydrogen-bond acceptors (Lipinski definition) is 4. The van der Waals surface area contributed by atoms with Crippen LogP contribution >= 0.6 is 0 Å². The number of carbonyl (C=O) groups excluding carboxylic acids is 2. The topological polar surface area (TPSA) is 95.7 Å². The van der Waals surface area contributed by atoms with Gasteiger partial charge in [0.1, 0.15) is 17.0 Å². The first kappa shape index (κ1) is 19.5. The van der Waals surface area contributed by atoms with E-state index in [4.69, 9.17) is 5.11 Å². The van der Waals surface area contributed by atoms with Crippen LogP contribution in [0.1, 0.15) is 65.2 Å². The van der Waals surface area contributed by atoms with E-state index in [1.807, 2.05) is 0 Å². The molecule has 0 atom stereocenters. The number of fused-ring (bicyclic) bond motifs is 1. The lowest BCUT2D eigenvalue weighted by Crippen LogP contribution is -2.51. The van der Waals surface area contributed by atoms with Gasteiger partial charge in [0.2, 0.25) is 0 Å². The van der Waals surface area contributed by atoms with Crippen LogP contribution in [0.2, 0.25) is 0 Å². The monoisotopic (exact) mass is 410 g/mol. The fourth-order valence-electron chi connectivity index (χ4n) is 6.75. The second-order valence-electron chi connectivity index (χ2n) is 9.73. The van der Waals surface area contributed by atoms with Crippen LogP contribution in [0.4, 0.5) is 0 Å². The van der Waals surface area contributed by atoms with Gasteiger partial charge >= 0.3 is 0 Å². The predicted molar refractivity (Wildman–Crippen MR) is 112 cm³/mol. The average Bonchev–Trinajstić information content (AvgIpc) is 3.06. The summed E-state index contributed by atoms with van der Waals surface area (Å²) in [6.07, 6.45) is 7.93. The Morgan fingerprint density at radius 2 is 1.77 bits per heavy atom. The highest BCUT2D eigenvalue weighted by atomic mass is 16.3. The Kier molecular flexibility index (Phi) is 4.81. The zero-order valence-electron chi connectivity index (χ0n) is 17.5. The van der Waals surface area contributed by atoms with Crippen molar-refractivity contribution in [3.63, 3.8) is 0 Å². The number of hydrogen-bond donors (Lipinski definition) is 3. The van der Waals surface area contributed by atoms with Crippen molar-refractivity contribution in [3.05, 3.63) is 35.3 Å². The summed E-state index contributed by atoms with van der Waals surface area (Å²) in [7, 11) is 0. The number of nitrogens with one attached hydrogen (secondary N) is 2. The van der Waals surface area contributed by atoms with Crippen molar-refractivity contribution in [1.29, 1.82) is 0 Å². The number of aliphatic hydroxyl groups excluding tert-OH is 1. The maximum absolute atomic E-state index is 13.2. The summed E-state index contributed by atoms with van der Waals surface area (Å²) in [5, 5.41) is 14.8. The highest BCUT2D eigenvalue weighted by molar-refractivity contribution is 5.96. The Morgan fingerprint density at radius 3 is 2.40 bits per heavy atom. The summed E-state index contributed by atoms with van der Waals surface area (Å²) >= 11 is 0. The minimum absolute atomic E-state index is 0.112. The van der Waals surface area contributed by atoms with E-state index in [0.29, 0.717) is 17.0 Å². The molecule has 4 bridgehead atoms. The molecule has 0 saturated heterocycles. The predicted octanol–water partition coefficient (Wildman–Crippen LogP) is 2.31. The molecular weight excluding hydrogens is 380 g/mol. The SMILES string of the molecule is Cc1c(C(=O)NCCO)nc2cccc(C(=O)NCC34CC5CC(CC(C5)C3)C4)n12. The molecule has 0 spiro atoms. The van der Waals surface area contributed by atoms with Gasteiger partial charge in [0, 0.05) is 13.1 Å². The Hall–Kier alpha value is -2.41. The van der Waals surface area contributed by atoms with E-state index in [1.165, 1.54) is 38.5 Å². The molecule has 4 fully saturated rings. The van der Waals surface area contributed by atoms with E-state index >= 15 is 0 Å². The lowest BCUT2D eigenvalue weighted by atomic mass is 9.49.